The van der Waals surface area contributed by atoms with E-state index < -0.39 is 6.10 Å². The molecule has 0 saturated heterocycles. The minimum absolute atomic E-state index is 0. The Morgan fingerprint density at radius 3 is 2.27 bits per heavy atom. The molecular weight excluding hydrogens is 467 g/mol. The van der Waals surface area contributed by atoms with E-state index in [1.807, 2.05) is 54.6 Å². The number of hydrogen-bond donors (Lipinski definition) is 4. The van der Waals surface area contributed by atoms with E-state index >= 15 is 0 Å². The van der Waals surface area contributed by atoms with E-state index in [1.54, 1.807) is 18.3 Å². The summed E-state index contributed by atoms with van der Waals surface area (Å²) in [7, 11) is 0. The summed E-state index contributed by atoms with van der Waals surface area (Å²) in [6.45, 7) is 0.277. The Bertz CT molecular complexity index is 916. The molecule has 0 amide bonds. The van der Waals surface area contributed by atoms with Gasteiger partial charge in [-0.1, -0.05) is 30.3 Å². The monoisotopic (exact) mass is 496 g/mol. The van der Waals surface area contributed by atoms with E-state index in [9.17, 15) is 15.3 Å². The zero-order chi connectivity index (χ0) is 21.9. The van der Waals surface area contributed by atoms with Crippen molar-refractivity contribution in [3.63, 3.8) is 0 Å². The normalized spacial score (nSPS) is 12.1. The fourth-order valence-corrected chi connectivity index (χ4v) is 3.00. The van der Waals surface area contributed by atoms with Gasteiger partial charge in [-0.3, -0.25) is 0 Å². The second-order valence-corrected chi connectivity index (χ2v) is 7.14. The van der Waals surface area contributed by atoms with Gasteiger partial charge in [0.1, 0.15) is 24.2 Å². The summed E-state index contributed by atoms with van der Waals surface area (Å²) in [6, 6.07) is 20.1. The van der Waals surface area contributed by atoms with Gasteiger partial charge in [0.25, 0.3) is 0 Å². The van der Waals surface area contributed by atoms with Crippen molar-refractivity contribution >= 4 is 24.8 Å². The second kappa shape index (κ2) is 15.4. The minimum atomic E-state index is -0.691. The first-order valence-corrected chi connectivity index (χ1v) is 10.2. The maximum Gasteiger partial charge on any atom is 0.224 e. The Balaban J connectivity index is 0.00000272. The van der Waals surface area contributed by atoms with E-state index in [4.69, 9.17) is 9.47 Å². The first kappa shape index (κ1) is 28.6. The lowest BCUT2D eigenvalue weighted by molar-refractivity contribution is 0.0997. The van der Waals surface area contributed by atoms with Crippen LogP contribution in [0.5, 0.6) is 17.4 Å². The number of hydrogen-bond acceptors (Lipinski definition) is 7. The third-order valence-corrected chi connectivity index (χ3v) is 4.69. The molecule has 180 valence electrons. The van der Waals surface area contributed by atoms with Crippen LogP contribution >= 0.6 is 24.8 Å². The highest BCUT2D eigenvalue weighted by atomic mass is 35.5. The standard InChI is InChI=1S/C24H28N2O5.2ClH/c27-15-19-5-4-12-25-24(19)31-23-10-8-18(9-11-23)13-20(16-28)26-14-21(29)17-30-22-6-2-1-3-7-22;;/h1-12,20-21,26-29H,13-17H2;2*1H/t20-,21-;;/m0../s1. The van der Waals surface area contributed by atoms with Crippen LogP contribution in [0.1, 0.15) is 11.1 Å². The topological polar surface area (TPSA) is 104 Å². The van der Waals surface area contributed by atoms with Crippen molar-refractivity contribution in [1.82, 2.24) is 10.3 Å². The Morgan fingerprint density at radius 1 is 0.879 bits per heavy atom. The summed E-state index contributed by atoms with van der Waals surface area (Å²) in [6.07, 6.45) is 1.51. The average molecular weight is 497 g/mol. The third-order valence-electron chi connectivity index (χ3n) is 4.69. The molecule has 0 aliphatic carbocycles. The van der Waals surface area contributed by atoms with Crippen LogP contribution in [0.15, 0.2) is 72.9 Å². The number of nitrogens with one attached hydrogen (secondary N) is 1. The average Bonchev–Trinajstić information content (AvgIpc) is 2.82. The molecule has 0 spiro atoms. The molecule has 4 N–H and O–H groups in total. The van der Waals surface area contributed by atoms with E-state index in [-0.39, 0.29) is 50.7 Å². The van der Waals surface area contributed by atoms with Crippen molar-refractivity contribution < 1.29 is 24.8 Å². The molecule has 0 saturated carbocycles. The van der Waals surface area contributed by atoms with Crippen LogP contribution in [0.2, 0.25) is 0 Å². The van der Waals surface area contributed by atoms with Crippen molar-refractivity contribution in [1.29, 1.82) is 0 Å². The van der Waals surface area contributed by atoms with Gasteiger partial charge in [-0.05, 0) is 48.4 Å². The van der Waals surface area contributed by atoms with E-state index in [2.05, 4.69) is 10.3 Å². The van der Waals surface area contributed by atoms with E-state index in [0.29, 0.717) is 35.9 Å². The number of halogens is 2. The maximum atomic E-state index is 10.1. The van der Waals surface area contributed by atoms with Crippen LogP contribution in [-0.2, 0) is 13.0 Å². The summed E-state index contributed by atoms with van der Waals surface area (Å²) < 4.78 is 11.3. The number of aliphatic hydroxyl groups is 3. The predicted molar refractivity (Wildman–Crippen MR) is 132 cm³/mol. The number of benzene rings is 2. The lowest BCUT2D eigenvalue weighted by Crippen LogP contribution is -2.41. The SMILES string of the molecule is Cl.Cl.OCc1cccnc1Oc1ccc(C[C@@H](CO)NC[C@H](O)COc2ccccc2)cc1. The first-order valence-electron chi connectivity index (χ1n) is 10.2. The summed E-state index contributed by atoms with van der Waals surface area (Å²) in [5.74, 6) is 1.69. The molecule has 3 aromatic rings. The molecule has 0 aliphatic rings. The largest absolute Gasteiger partial charge is 0.491 e. The minimum Gasteiger partial charge on any atom is -0.491 e. The third kappa shape index (κ3) is 9.55. The van der Waals surface area contributed by atoms with Crippen molar-refractivity contribution in [2.75, 3.05) is 19.8 Å². The number of aliphatic hydroxyl groups excluding tert-OH is 3. The zero-order valence-corrected chi connectivity index (χ0v) is 19.7. The van der Waals surface area contributed by atoms with E-state index in [1.165, 1.54) is 0 Å². The molecule has 1 heterocycles. The molecule has 2 atom stereocenters. The Morgan fingerprint density at radius 2 is 1.61 bits per heavy atom. The van der Waals surface area contributed by atoms with Crippen LogP contribution in [0, 0.1) is 0 Å². The van der Waals surface area contributed by atoms with Gasteiger partial charge in [0.2, 0.25) is 5.88 Å². The zero-order valence-electron chi connectivity index (χ0n) is 18.0. The van der Waals surface area contributed by atoms with Gasteiger partial charge >= 0.3 is 0 Å². The van der Waals surface area contributed by atoms with Crippen molar-refractivity contribution in [3.8, 4) is 17.4 Å². The van der Waals surface area contributed by atoms with Gasteiger partial charge in [-0.15, -0.1) is 24.8 Å². The number of ether oxygens (including phenoxy) is 2. The highest BCUT2D eigenvalue weighted by Gasteiger charge is 2.12. The Kier molecular flexibility index (Phi) is 13.4. The molecule has 2 aromatic carbocycles. The molecule has 3 rings (SSSR count). The summed E-state index contributed by atoms with van der Waals surface area (Å²) in [5, 5.41) is 32.4. The molecule has 0 bridgehead atoms. The molecule has 0 aliphatic heterocycles. The lowest BCUT2D eigenvalue weighted by Gasteiger charge is -2.19. The maximum absolute atomic E-state index is 10.1. The van der Waals surface area contributed by atoms with Gasteiger partial charge in [0, 0.05) is 24.3 Å². The highest BCUT2D eigenvalue weighted by Crippen LogP contribution is 2.23. The van der Waals surface area contributed by atoms with Crippen molar-refractivity contribution in [2.24, 2.45) is 0 Å². The number of aromatic nitrogens is 1. The molecule has 0 unspecified atom stereocenters. The number of pyridine rings is 1. The Labute approximate surface area is 206 Å². The fourth-order valence-electron chi connectivity index (χ4n) is 3.00. The van der Waals surface area contributed by atoms with Gasteiger partial charge in [0.05, 0.1) is 13.2 Å². The lowest BCUT2D eigenvalue weighted by atomic mass is 10.1. The molecule has 0 fully saturated rings. The molecule has 7 nitrogen and oxygen atoms in total. The summed E-state index contributed by atoms with van der Waals surface area (Å²) in [5.41, 5.74) is 1.63. The first-order chi connectivity index (χ1) is 15.2. The second-order valence-electron chi connectivity index (χ2n) is 7.14. The molecule has 0 radical (unpaired) electrons. The Hall–Kier alpha value is -2.39. The molecule has 33 heavy (non-hydrogen) atoms. The summed E-state index contributed by atoms with van der Waals surface area (Å²) >= 11 is 0. The van der Waals surface area contributed by atoms with Crippen LogP contribution in [-0.4, -0.2) is 52.2 Å². The fraction of sp³-hybridized carbons (Fsp3) is 0.292. The van der Waals surface area contributed by atoms with E-state index in [0.717, 1.165) is 5.56 Å². The number of rotatable bonds is 12. The molecule has 1 aromatic heterocycles. The van der Waals surface area contributed by atoms with Crippen LogP contribution in [0.3, 0.4) is 0 Å². The van der Waals surface area contributed by atoms with Crippen LogP contribution < -0.4 is 14.8 Å². The number of nitrogens with zero attached hydrogens (tertiary/aromatic N) is 1. The van der Waals surface area contributed by atoms with Gasteiger partial charge in [-0.2, -0.15) is 0 Å². The van der Waals surface area contributed by atoms with Gasteiger partial charge in [-0.25, -0.2) is 4.98 Å². The predicted octanol–water partition coefficient (Wildman–Crippen LogP) is 3.14. The van der Waals surface area contributed by atoms with Gasteiger partial charge < -0.3 is 30.1 Å². The molecule has 9 heteroatoms. The van der Waals surface area contributed by atoms with Crippen LogP contribution in [0.4, 0.5) is 0 Å². The quantitative estimate of drug-likeness (QED) is 0.305. The van der Waals surface area contributed by atoms with Crippen LogP contribution in [0.25, 0.3) is 0 Å². The summed E-state index contributed by atoms with van der Waals surface area (Å²) in [4.78, 5) is 4.14. The van der Waals surface area contributed by atoms with Gasteiger partial charge in [0.15, 0.2) is 0 Å². The number of para-hydroxylation sites is 1. The van der Waals surface area contributed by atoms with Crippen molar-refractivity contribution in [3.05, 3.63) is 84.1 Å². The van der Waals surface area contributed by atoms with Crippen molar-refractivity contribution in [2.45, 2.75) is 25.2 Å². The molecular formula is C24H30Cl2N2O5. The smallest absolute Gasteiger partial charge is 0.224 e. The highest BCUT2D eigenvalue weighted by molar-refractivity contribution is 5.85.